The zero-order valence-corrected chi connectivity index (χ0v) is 11.2. The van der Waals surface area contributed by atoms with Gasteiger partial charge in [-0.15, -0.1) is 0 Å². The van der Waals surface area contributed by atoms with E-state index in [1.165, 1.54) is 12.8 Å². The Labute approximate surface area is 98.3 Å². The lowest BCUT2D eigenvalue weighted by Gasteiger charge is -2.17. The van der Waals surface area contributed by atoms with E-state index in [4.69, 9.17) is 0 Å². The van der Waals surface area contributed by atoms with Crippen LogP contribution in [0.2, 0.25) is 0 Å². The smallest absolute Gasteiger partial charge is 0.157 e. The maximum Gasteiger partial charge on any atom is 0.157 e. The van der Waals surface area contributed by atoms with Gasteiger partial charge in [0.15, 0.2) is 5.17 Å². The Kier molecular flexibility index (Phi) is 5.51. The highest BCUT2D eigenvalue weighted by atomic mass is 32.2. The Morgan fingerprint density at radius 1 is 1.47 bits per heavy atom. The molecule has 3 unspecified atom stereocenters. The van der Waals surface area contributed by atoms with Crippen molar-refractivity contribution in [1.82, 2.24) is 5.32 Å². The van der Waals surface area contributed by atoms with Gasteiger partial charge in [-0.1, -0.05) is 39.0 Å². The van der Waals surface area contributed by atoms with Gasteiger partial charge < -0.3 is 5.32 Å². The SMILES string of the molecule is CCC(C)CC(C)NC1=NC(CC)CS1. The lowest BCUT2D eigenvalue weighted by Crippen LogP contribution is -2.31. The van der Waals surface area contributed by atoms with Crippen molar-refractivity contribution in [3.05, 3.63) is 0 Å². The Morgan fingerprint density at radius 2 is 2.20 bits per heavy atom. The molecule has 1 rings (SSSR count). The summed E-state index contributed by atoms with van der Waals surface area (Å²) in [5, 5.41) is 4.69. The van der Waals surface area contributed by atoms with Gasteiger partial charge in [0.2, 0.25) is 0 Å². The van der Waals surface area contributed by atoms with Crippen LogP contribution in [0, 0.1) is 5.92 Å². The maximum atomic E-state index is 4.65. The van der Waals surface area contributed by atoms with Gasteiger partial charge in [0.05, 0.1) is 6.04 Å². The van der Waals surface area contributed by atoms with E-state index in [2.05, 4.69) is 38.0 Å². The molecule has 0 aliphatic carbocycles. The molecule has 0 saturated carbocycles. The van der Waals surface area contributed by atoms with Crippen molar-refractivity contribution in [3.8, 4) is 0 Å². The molecule has 1 aliphatic heterocycles. The van der Waals surface area contributed by atoms with E-state index in [1.807, 2.05) is 11.8 Å². The Balaban J connectivity index is 2.29. The summed E-state index contributed by atoms with van der Waals surface area (Å²) in [4.78, 5) is 4.65. The molecule has 1 heterocycles. The van der Waals surface area contributed by atoms with E-state index in [0.29, 0.717) is 12.1 Å². The molecule has 2 nitrogen and oxygen atoms in total. The third kappa shape index (κ3) is 4.45. The Morgan fingerprint density at radius 3 is 2.73 bits per heavy atom. The highest BCUT2D eigenvalue weighted by Crippen LogP contribution is 2.19. The third-order valence-electron chi connectivity index (χ3n) is 3.01. The molecule has 0 spiro atoms. The van der Waals surface area contributed by atoms with E-state index >= 15 is 0 Å². The zero-order valence-electron chi connectivity index (χ0n) is 10.4. The van der Waals surface area contributed by atoms with Crippen molar-refractivity contribution < 1.29 is 0 Å². The number of nitrogens with one attached hydrogen (secondary N) is 1. The Hall–Kier alpha value is -0.180. The van der Waals surface area contributed by atoms with E-state index in [0.717, 1.165) is 23.3 Å². The fourth-order valence-electron chi connectivity index (χ4n) is 1.74. The van der Waals surface area contributed by atoms with E-state index in [-0.39, 0.29) is 0 Å². The van der Waals surface area contributed by atoms with Crippen LogP contribution in [0.5, 0.6) is 0 Å². The number of hydrogen-bond donors (Lipinski definition) is 1. The van der Waals surface area contributed by atoms with Gasteiger partial charge in [0, 0.05) is 11.8 Å². The first-order valence-electron chi connectivity index (χ1n) is 6.12. The van der Waals surface area contributed by atoms with Gasteiger partial charge in [-0.2, -0.15) is 0 Å². The molecule has 0 saturated heterocycles. The normalized spacial score (nSPS) is 24.8. The van der Waals surface area contributed by atoms with Crippen LogP contribution in [0.1, 0.15) is 47.0 Å². The van der Waals surface area contributed by atoms with Crippen LogP contribution in [0.15, 0.2) is 4.99 Å². The minimum atomic E-state index is 0.549. The minimum absolute atomic E-state index is 0.549. The van der Waals surface area contributed by atoms with Crippen LogP contribution >= 0.6 is 11.8 Å². The van der Waals surface area contributed by atoms with Crippen molar-refractivity contribution >= 4 is 16.9 Å². The van der Waals surface area contributed by atoms with Crippen molar-refractivity contribution in [2.24, 2.45) is 10.9 Å². The summed E-state index contributed by atoms with van der Waals surface area (Å²) < 4.78 is 0. The first-order valence-corrected chi connectivity index (χ1v) is 7.11. The molecule has 0 amide bonds. The third-order valence-corrected chi connectivity index (χ3v) is 4.05. The molecular formula is C12H24N2S. The van der Waals surface area contributed by atoms with Gasteiger partial charge in [-0.05, 0) is 25.7 Å². The molecule has 0 aromatic heterocycles. The zero-order chi connectivity index (χ0) is 11.3. The standard InChI is InChI=1S/C12H24N2S/c1-5-9(3)7-10(4)13-12-14-11(6-2)8-15-12/h9-11H,5-8H2,1-4H3,(H,13,14). The second-order valence-electron chi connectivity index (χ2n) is 4.60. The Bertz CT molecular complexity index is 216. The maximum absolute atomic E-state index is 4.65. The van der Waals surface area contributed by atoms with Crippen LogP contribution in [0.25, 0.3) is 0 Å². The molecule has 0 aromatic rings. The van der Waals surface area contributed by atoms with Crippen LogP contribution in [0.3, 0.4) is 0 Å². The topological polar surface area (TPSA) is 24.4 Å². The highest BCUT2D eigenvalue weighted by Gasteiger charge is 2.18. The van der Waals surface area contributed by atoms with Crippen molar-refractivity contribution in [1.29, 1.82) is 0 Å². The van der Waals surface area contributed by atoms with E-state index in [9.17, 15) is 0 Å². The van der Waals surface area contributed by atoms with Crippen molar-refractivity contribution in [2.75, 3.05) is 5.75 Å². The van der Waals surface area contributed by atoms with Gasteiger partial charge in [0.25, 0.3) is 0 Å². The molecule has 0 bridgehead atoms. The lowest BCUT2D eigenvalue weighted by atomic mass is 10.0. The molecule has 3 heteroatoms. The molecule has 1 N–H and O–H groups in total. The predicted molar refractivity (Wildman–Crippen MR) is 70.6 cm³/mol. The van der Waals surface area contributed by atoms with Crippen LogP contribution < -0.4 is 5.32 Å². The molecule has 0 aromatic carbocycles. The summed E-state index contributed by atoms with van der Waals surface area (Å²) in [6.45, 7) is 9.04. The average Bonchev–Trinajstić information content (AvgIpc) is 2.65. The first kappa shape index (κ1) is 12.9. The average molecular weight is 228 g/mol. The number of rotatable bonds is 5. The second kappa shape index (κ2) is 6.41. The lowest BCUT2D eigenvalue weighted by molar-refractivity contribution is 0.449. The van der Waals surface area contributed by atoms with Crippen molar-refractivity contribution in [2.45, 2.75) is 59.0 Å². The number of nitrogens with zero attached hydrogens (tertiary/aromatic N) is 1. The monoisotopic (exact) mass is 228 g/mol. The molecule has 1 aliphatic rings. The van der Waals surface area contributed by atoms with Gasteiger partial charge >= 0.3 is 0 Å². The summed E-state index contributed by atoms with van der Waals surface area (Å²) in [5.74, 6) is 1.97. The summed E-state index contributed by atoms with van der Waals surface area (Å²) in [7, 11) is 0. The molecule has 0 radical (unpaired) electrons. The van der Waals surface area contributed by atoms with E-state index in [1.54, 1.807) is 0 Å². The number of aliphatic imine (C=N–C) groups is 1. The summed E-state index contributed by atoms with van der Waals surface area (Å²) in [6, 6.07) is 1.11. The summed E-state index contributed by atoms with van der Waals surface area (Å²) in [5.41, 5.74) is 0. The fraction of sp³-hybridized carbons (Fsp3) is 0.917. The quantitative estimate of drug-likeness (QED) is 0.781. The summed E-state index contributed by atoms with van der Waals surface area (Å²) >= 11 is 1.88. The number of thioether (sulfide) groups is 1. The molecule has 88 valence electrons. The highest BCUT2D eigenvalue weighted by molar-refractivity contribution is 8.14. The summed E-state index contributed by atoms with van der Waals surface area (Å²) in [6.07, 6.45) is 3.67. The van der Waals surface area contributed by atoms with Gasteiger partial charge in [-0.25, -0.2) is 0 Å². The van der Waals surface area contributed by atoms with Gasteiger partial charge in [-0.3, -0.25) is 4.99 Å². The predicted octanol–water partition coefficient (Wildman–Crippen LogP) is 3.28. The second-order valence-corrected chi connectivity index (χ2v) is 5.61. The minimum Gasteiger partial charge on any atom is -0.362 e. The number of hydrogen-bond acceptors (Lipinski definition) is 3. The van der Waals surface area contributed by atoms with Crippen molar-refractivity contribution in [3.63, 3.8) is 0 Å². The number of amidine groups is 1. The fourth-order valence-corrected chi connectivity index (χ4v) is 2.91. The molecular weight excluding hydrogens is 204 g/mol. The first-order chi connectivity index (χ1) is 7.15. The largest absolute Gasteiger partial charge is 0.362 e. The van der Waals surface area contributed by atoms with E-state index < -0.39 is 0 Å². The molecule has 15 heavy (non-hydrogen) atoms. The van der Waals surface area contributed by atoms with Crippen LogP contribution in [-0.4, -0.2) is 23.0 Å². The van der Waals surface area contributed by atoms with Gasteiger partial charge in [0.1, 0.15) is 0 Å². The molecule has 0 fully saturated rings. The van der Waals surface area contributed by atoms with Crippen LogP contribution in [0.4, 0.5) is 0 Å². The van der Waals surface area contributed by atoms with Crippen LogP contribution in [-0.2, 0) is 0 Å². The molecule has 3 atom stereocenters.